The molecule has 7 heteroatoms. The lowest BCUT2D eigenvalue weighted by Gasteiger charge is -2.31. The molecule has 4 rings (SSSR count). The molecule has 32 heavy (non-hydrogen) atoms. The molecule has 7 nitrogen and oxygen atoms in total. The molecule has 2 aromatic rings. The topological polar surface area (TPSA) is 93.7 Å². The average molecular weight is 439 g/mol. The number of unbranched alkanes of at least 4 members (excludes halogenated alkanes) is 1. The molecule has 2 aliphatic rings. The van der Waals surface area contributed by atoms with Gasteiger partial charge in [-0.15, -0.1) is 0 Å². The van der Waals surface area contributed by atoms with Gasteiger partial charge in [-0.25, -0.2) is 0 Å². The van der Waals surface area contributed by atoms with Crippen LogP contribution in [0.1, 0.15) is 61.1 Å². The van der Waals surface area contributed by atoms with E-state index < -0.39 is 6.10 Å². The van der Waals surface area contributed by atoms with Gasteiger partial charge < -0.3 is 20.3 Å². The largest absolute Gasteiger partial charge is 0.463 e. The summed E-state index contributed by atoms with van der Waals surface area (Å²) in [5, 5.41) is 11.1. The Balaban J connectivity index is 1.42. The number of allylic oxidation sites excluding steroid dienone is 1. The molecule has 1 unspecified atom stereocenters. The van der Waals surface area contributed by atoms with Gasteiger partial charge in [0.25, 0.3) is 0 Å². The van der Waals surface area contributed by atoms with Crippen LogP contribution in [0.25, 0.3) is 5.57 Å². The number of piperidine rings is 1. The number of nitrogens with zero attached hydrogens (tertiary/aromatic N) is 3. The number of nitrogens with two attached hydrogens (primary N) is 1. The van der Waals surface area contributed by atoms with Crippen LogP contribution in [0.5, 0.6) is 6.01 Å². The monoisotopic (exact) mass is 438 g/mol. The maximum atomic E-state index is 11.1. The molecule has 1 aliphatic carbocycles. The van der Waals surface area contributed by atoms with E-state index in [1.165, 1.54) is 5.56 Å². The zero-order chi connectivity index (χ0) is 22.5. The van der Waals surface area contributed by atoms with E-state index in [4.69, 9.17) is 15.2 Å². The van der Waals surface area contributed by atoms with E-state index in [0.29, 0.717) is 30.6 Å². The number of hydrogen-bond acceptors (Lipinski definition) is 7. The van der Waals surface area contributed by atoms with Crippen molar-refractivity contribution in [1.29, 1.82) is 0 Å². The number of aliphatic hydroxyl groups excluding tert-OH is 1. The lowest BCUT2D eigenvalue weighted by Crippen LogP contribution is -2.36. The summed E-state index contributed by atoms with van der Waals surface area (Å²) < 4.78 is 11.1. The van der Waals surface area contributed by atoms with Gasteiger partial charge in [0.15, 0.2) is 0 Å². The Labute approximate surface area is 190 Å². The summed E-state index contributed by atoms with van der Waals surface area (Å²) in [5.74, 6) is 0.424. The molecule has 0 amide bonds. The van der Waals surface area contributed by atoms with Crippen LogP contribution >= 0.6 is 0 Å². The molecule has 0 bridgehead atoms. The van der Waals surface area contributed by atoms with Crippen LogP contribution in [0.3, 0.4) is 0 Å². The quantitative estimate of drug-likeness (QED) is 0.579. The molecular weight excluding hydrogens is 404 g/mol. The highest BCUT2D eigenvalue weighted by molar-refractivity contribution is 5.77. The number of aliphatic hydroxyl groups is 1. The van der Waals surface area contributed by atoms with Gasteiger partial charge in [0.05, 0.1) is 18.4 Å². The first-order valence-corrected chi connectivity index (χ1v) is 11.6. The van der Waals surface area contributed by atoms with Gasteiger partial charge >= 0.3 is 6.01 Å². The number of ether oxygens (including phenoxy) is 2. The molecule has 0 radical (unpaired) electrons. The highest BCUT2D eigenvalue weighted by atomic mass is 16.5. The van der Waals surface area contributed by atoms with Crippen molar-refractivity contribution in [2.75, 3.05) is 32.5 Å². The van der Waals surface area contributed by atoms with Gasteiger partial charge in [-0.3, -0.25) is 4.90 Å². The summed E-state index contributed by atoms with van der Waals surface area (Å²) in [6.45, 7) is 5.68. The minimum absolute atomic E-state index is 0.280. The normalized spacial score (nSPS) is 17.8. The van der Waals surface area contributed by atoms with E-state index in [0.717, 1.165) is 62.0 Å². The molecule has 1 aromatic carbocycles. The fourth-order valence-electron chi connectivity index (χ4n) is 4.39. The smallest absolute Gasteiger partial charge is 0.318 e. The molecule has 1 saturated heterocycles. The molecule has 2 heterocycles. The van der Waals surface area contributed by atoms with Crippen LogP contribution in [0, 0.1) is 0 Å². The van der Waals surface area contributed by atoms with Crippen molar-refractivity contribution < 1.29 is 14.6 Å². The van der Waals surface area contributed by atoms with Crippen LogP contribution in [-0.4, -0.2) is 52.9 Å². The van der Waals surface area contributed by atoms with Gasteiger partial charge in [0, 0.05) is 37.9 Å². The van der Waals surface area contributed by atoms with E-state index in [9.17, 15) is 5.11 Å². The Kier molecular flexibility index (Phi) is 7.40. The van der Waals surface area contributed by atoms with Crippen LogP contribution in [0.2, 0.25) is 0 Å². The molecule has 3 N–H and O–H groups in total. The minimum Gasteiger partial charge on any atom is -0.463 e. The number of rotatable bonds is 9. The SMILES string of the molecule is CCCCOc1nc(N)c2c(n1)C(C(O)c1ccc(CN3CCC(OC)CC3)cc1)=CC2. The van der Waals surface area contributed by atoms with Gasteiger partial charge in [-0.05, 0) is 36.8 Å². The third-order valence-electron chi connectivity index (χ3n) is 6.41. The first-order chi connectivity index (χ1) is 15.6. The summed E-state index contributed by atoms with van der Waals surface area (Å²) in [7, 11) is 1.79. The Hall–Kier alpha value is -2.48. The number of hydrogen-bond donors (Lipinski definition) is 2. The van der Waals surface area contributed by atoms with Crippen LogP contribution in [0.4, 0.5) is 5.82 Å². The predicted molar refractivity (Wildman–Crippen MR) is 125 cm³/mol. The van der Waals surface area contributed by atoms with Crippen molar-refractivity contribution >= 4 is 11.4 Å². The summed E-state index contributed by atoms with van der Waals surface area (Å²) in [6, 6.07) is 8.49. The summed E-state index contributed by atoms with van der Waals surface area (Å²) in [5.41, 5.74) is 10.6. The lowest BCUT2D eigenvalue weighted by molar-refractivity contribution is 0.0388. The number of likely N-dealkylation sites (tertiary alicyclic amines) is 1. The zero-order valence-corrected chi connectivity index (χ0v) is 19.1. The number of anilines is 1. The first-order valence-electron chi connectivity index (χ1n) is 11.6. The van der Waals surface area contributed by atoms with Gasteiger partial charge in [-0.1, -0.05) is 43.7 Å². The van der Waals surface area contributed by atoms with Crippen LogP contribution < -0.4 is 10.5 Å². The van der Waals surface area contributed by atoms with E-state index in [1.54, 1.807) is 7.11 Å². The molecule has 172 valence electrons. The fraction of sp³-hybridized carbons (Fsp3) is 0.520. The Bertz CT molecular complexity index is 937. The Morgan fingerprint density at radius 2 is 1.94 bits per heavy atom. The van der Waals surface area contributed by atoms with Gasteiger partial charge in [0.1, 0.15) is 11.9 Å². The number of nitrogen functional groups attached to an aromatic ring is 1. The fourth-order valence-corrected chi connectivity index (χ4v) is 4.39. The van der Waals surface area contributed by atoms with Crippen LogP contribution in [0.15, 0.2) is 30.3 Å². The first kappa shape index (κ1) is 22.7. The lowest BCUT2D eigenvalue weighted by atomic mass is 9.98. The summed E-state index contributed by atoms with van der Waals surface area (Å²) in [6.07, 6.45) is 6.37. The minimum atomic E-state index is -0.763. The molecule has 1 fully saturated rings. The average Bonchev–Trinajstić information content (AvgIpc) is 3.24. The molecule has 1 aromatic heterocycles. The third kappa shape index (κ3) is 5.11. The molecule has 1 atom stereocenters. The van der Waals surface area contributed by atoms with Crippen LogP contribution in [-0.2, 0) is 17.7 Å². The van der Waals surface area contributed by atoms with Crippen molar-refractivity contribution in [2.24, 2.45) is 0 Å². The second-order valence-corrected chi connectivity index (χ2v) is 8.64. The Morgan fingerprint density at radius 3 is 2.62 bits per heavy atom. The second kappa shape index (κ2) is 10.4. The summed E-state index contributed by atoms with van der Waals surface area (Å²) >= 11 is 0. The standard InChI is InChI=1S/C25H34N4O3/c1-3-4-15-32-25-27-22-20(9-10-21(22)24(26)28-25)23(30)18-7-5-17(6-8-18)16-29-13-11-19(31-2)12-14-29/h5-9,19,23,30H,3-4,10-16H2,1-2H3,(H2,26,27,28). The highest BCUT2D eigenvalue weighted by Gasteiger charge is 2.27. The molecular formula is C25H34N4O3. The third-order valence-corrected chi connectivity index (χ3v) is 6.41. The zero-order valence-electron chi connectivity index (χ0n) is 19.1. The highest BCUT2D eigenvalue weighted by Crippen LogP contribution is 2.38. The maximum absolute atomic E-state index is 11.1. The molecule has 0 spiro atoms. The summed E-state index contributed by atoms with van der Waals surface area (Å²) in [4.78, 5) is 11.3. The van der Waals surface area contributed by atoms with E-state index in [1.807, 2.05) is 18.2 Å². The number of fused-ring (bicyclic) bond motifs is 1. The Morgan fingerprint density at radius 1 is 1.19 bits per heavy atom. The van der Waals surface area contributed by atoms with Gasteiger partial charge in [0.2, 0.25) is 0 Å². The van der Waals surface area contributed by atoms with E-state index in [-0.39, 0.29) is 6.01 Å². The number of methoxy groups -OCH3 is 1. The second-order valence-electron chi connectivity index (χ2n) is 8.64. The van der Waals surface area contributed by atoms with Gasteiger partial charge in [-0.2, -0.15) is 9.97 Å². The number of benzene rings is 1. The number of aromatic nitrogens is 2. The van der Waals surface area contributed by atoms with Crippen molar-refractivity contribution in [3.8, 4) is 6.01 Å². The predicted octanol–water partition coefficient (Wildman–Crippen LogP) is 3.52. The molecule has 1 aliphatic heterocycles. The maximum Gasteiger partial charge on any atom is 0.318 e. The van der Waals surface area contributed by atoms with Crippen molar-refractivity contribution in [2.45, 2.75) is 57.8 Å². The van der Waals surface area contributed by atoms with Crippen molar-refractivity contribution in [3.63, 3.8) is 0 Å². The van der Waals surface area contributed by atoms with E-state index >= 15 is 0 Å². The van der Waals surface area contributed by atoms with Crippen molar-refractivity contribution in [1.82, 2.24) is 14.9 Å². The molecule has 0 saturated carbocycles. The van der Waals surface area contributed by atoms with E-state index in [2.05, 4.69) is 33.9 Å². The van der Waals surface area contributed by atoms with Crippen molar-refractivity contribution in [3.05, 3.63) is 52.7 Å².